The van der Waals surface area contributed by atoms with Crippen LogP contribution in [0.25, 0.3) is 0 Å². The number of hydrogen-bond donors (Lipinski definition) is 1. The summed E-state index contributed by atoms with van der Waals surface area (Å²) in [6.07, 6.45) is 4.81. The van der Waals surface area contributed by atoms with E-state index < -0.39 is 9.84 Å². The van der Waals surface area contributed by atoms with E-state index in [-0.39, 0.29) is 11.8 Å². The second-order valence-electron chi connectivity index (χ2n) is 3.56. The average Bonchev–Trinajstić information content (AvgIpc) is 2.60. The fourth-order valence-corrected chi connectivity index (χ4v) is 2.35. The zero-order valence-electron chi connectivity index (χ0n) is 9.27. The number of sulfone groups is 1. The summed E-state index contributed by atoms with van der Waals surface area (Å²) in [5, 5.41) is 7.10. The van der Waals surface area contributed by atoms with Crippen LogP contribution in [0.1, 0.15) is 18.5 Å². The molecule has 1 unspecified atom stereocenters. The Morgan fingerprint density at radius 3 is 2.67 bits per heavy atom. The van der Waals surface area contributed by atoms with Crippen molar-refractivity contribution in [3.8, 4) is 0 Å². The summed E-state index contributed by atoms with van der Waals surface area (Å²) < 4.78 is 24.1. The summed E-state index contributed by atoms with van der Waals surface area (Å²) >= 11 is 0. The maximum absolute atomic E-state index is 11.2. The molecule has 0 aliphatic heterocycles. The zero-order valence-corrected chi connectivity index (χ0v) is 10.1. The Kier molecular flexibility index (Phi) is 3.87. The molecule has 0 spiro atoms. The minimum Gasteiger partial charge on any atom is -0.312 e. The third kappa shape index (κ3) is 3.64. The normalized spacial score (nSPS) is 14.1. The summed E-state index contributed by atoms with van der Waals surface area (Å²) in [6, 6.07) is -0.180. The predicted octanol–water partition coefficient (Wildman–Crippen LogP) is 0.208. The van der Waals surface area contributed by atoms with Crippen molar-refractivity contribution in [3.63, 3.8) is 0 Å². The van der Waals surface area contributed by atoms with Crippen molar-refractivity contribution in [2.75, 3.05) is 19.1 Å². The fourth-order valence-electron chi connectivity index (χ4n) is 1.38. The first-order valence-corrected chi connectivity index (χ1v) is 6.89. The molecule has 15 heavy (non-hydrogen) atoms. The van der Waals surface area contributed by atoms with Crippen LogP contribution in [0.5, 0.6) is 0 Å². The lowest BCUT2D eigenvalue weighted by atomic mass is 10.2. The summed E-state index contributed by atoms with van der Waals surface area (Å²) in [5.41, 5.74) is 0.907. The van der Waals surface area contributed by atoms with Gasteiger partial charge in [-0.3, -0.25) is 4.68 Å². The van der Waals surface area contributed by atoms with E-state index in [9.17, 15) is 8.42 Å². The van der Waals surface area contributed by atoms with Gasteiger partial charge in [-0.2, -0.15) is 5.10 Å². The Morgan fingerprint density at radius 2 is 2.27 bits per heavy atom. The molecule has 1 rings (SSSR count). The number of aryl methyl sites for hydroxylation is 1. The summed E-state index contributed by atoms with van der Waals surface area (Å²) in [7, 11) is -1.23. The number of nitrogens with one attached hydrogen (secondary N) is 1. The highest BCUT2D eigenvalue weighted by atomic mass is 32.2. The maximum atomic E-state index is 11.2. The minimum atomic E-state index is -2.98. The molecule has 86 valence electrons. The number of hydrogen-bond acceptors (Lipinski definition) is 4. The van der Waals surface area contributed by atoms with Crippen molar-refractivity contribution in [2.24, 2.45) is 0 Å². The number of nitrogens with zero attached hydrogens (tertiary/aromatic N) is 2. The molecule has 0 saturated heterocycles. The maximum Gasteiger partial charge on any atom is 0.149 e. The molecule has 1 aromatic heterocycles. The lowest BCUT2D eigenvalue weighted by Gasteiger charge is -2.12. The van der Waals surface area contributed by atoms with E-state index in [1.165, 1.54) is 6.26 Å². The molecule has 0 aliphatic carbocycles. The van der Waals surface area contributed by atoms with Crippen molar-refractivity contribution in [1.82, 2.24) is 15.1 Å². The topological polar surface area (TPSA) is 64.0 Å². The largest absolute Gasteiger partial charge is 0.312 e. The Bertz CT molecular complexity index is 411. The van der Waals surface area contributed by atoms with E-state index in [0.29, 0.717) is 0 Å². The van der Waals surface area contributed by atoms with Crippen molar-refractivity contribution in [1.29, 1.82) is 0 Å². The molecule has 5 nitrogen and oxygen atoms in total. The molecule has 0 radical (unpaired) electrons. The smallest absolute Gasteiger partial charge is 0.149 e. The third-order valence-corrected chi connectivity index (χ3v) is 3.14. The molecule has 1 aromatic rings. The summed E-state index contributed by atoms with van der Waals surface area (Å²) in [6.45, 7) is 2.77. The van der Waals surface area contributed by atoms with E-state index >= 15 is 0 Å². The van der Waals surface area contributed by atoms with Crippen molar-refractivity contribution in [3.05, 3.63) is 18.0 Å². The monoisotopic (exact) mass is 231 g/mol. The first-order valence-electron chi connectivity index (χ1n) is 4.83. The highest BCUT2D eigenvalue weighted by Crippen LogP contribution is 2.13. The first-order chi connectivity index (χ1) is 6.96. The molecule has 0 amide bonds. The molecule has 6 heteroatoms. The number of rotatable bonds is 5. The Hall–Kier alpha value is -0.880. The third-order valence-electron chi connectivity index (χ3n) is 2.20. The average molecular weight is 231 g/mol. The molecule has 1 atom stereocenters. The first kappa shape index (κ1) is 12.2. The van der Waals surface area contributed by atoms with Crippen molar-refractivity contribution < 1.29 is 8.42 Å². The van der Waals surface area contributed by atoms with Crippen LogP contribution < -0.4 is 5.32 Å². The van der Waals surface area contributed by atoms with E-state index in [4.69, 9.17) is 0 Å². The summed E-state index contributed by atoms with van der Waals surface area (Å²) in [5.74, 6) is 0.0961. The van der Waals surface area contributed by atoms with Crippen molar-refractivity contribution in [2.45, 2.75) is 19.5 Å². The van der Waals surface area contributed by atoms with E-state index in [0.717, 1.165) is 12.1 Å². The second kappa shape index (κ2) is 4.76. The van der Waals surface area contributed by atoms with Crippen LogP contribution in [-0.4, -0.2) is 37.3 Å². The molecule has 0 saturated carbocycles. The van der Waals surface area contributed by atoms with Crippen LogP contribution in [-0.2, 0) is 16.4 Å². The van der Waals surface area contributed by atoms with Crippen LogP contribution in [0.4, 0.5) is 0 Å². The van der Waals surface area contributed by atoms with Gasteiger partial charge in [-0.05, 0) is 14.0 Å². The SMILES string of the molecule is CCn1cc(C(CS(C)(=O)=O)NC)cn1. The standard InChI is InChI=1S/C9H17N3O2S/c1-4-12-6-8(5-11-12)9(10-2)7-15(3,13)14/h5-6,9-10H,4,7H2,1-3H3. The Morgan fingerprint density at radius 1 is 1.60 bits per heavy atom. The lowest BCUT2D eigenvalue weighted by molar-refractivity contribution is 0.579. The van der Waals surface area contributed by atoms with Crippen LogP contribution in [0.2, 0.25) is 0 Å². The molecule has 0 aromatic carbocycles. The van der Waals surface area contributed by atoms with E-state index in [1.54, 1.807) is 17.9 Å². The molecule has 1 N–H and O–H groups in total. The molecule has 0 fully saturated rings. The second-order valence-corrected chi connectivity index (χ2v) is 5.75. The predicted molar refractivity (Wildman–Crippen MR) is 59.4 cm³/mol. The Labute approximate surface area is 90.4 Å². The van der Waals surface area contributed by atoms with Crippen LogP contribution >= 0.6 is 0 Å². The van der Waals surface area contributed by atoms with Gasteiger partial charge in [0.2, 0.25) is 0 Å². The molecule has 0 aliphatic rings. The zero-order chi connectivity index (χ0) is 11.5. The van der Waals surface area contributed by atoms with Crippen LogP contribution in [0.3, 0.4) is 0 Å². The van der Waals surface area contributed by atoms with Crippen molar-refractivity contribution >= 4 is 9.84 Å². The van der Waals surface area contributed by atoms with Gasteiger partial charge >= 0.3 is 0 Å². The quantitative estimate of drug-likeness (QED) is 0.786. The lowest BCUT2D eigenvalue weighted by Crippen LogP contribution is -2.24. The van der Waals surface area contributed by atoms with Crippen LogP contribution in [0.15, 0.2) is 12.4 Å². The summed E-state index contributed by atoms with van der Waals surface area (Å²) in [4.78, 5) is 0. The van der Waals surface area contributed by atoms with Crippen LogP contribution in [0, 0.1) is 0 Å². The van der Waals surface area contributed by atoms with E-state index in [1.807, 2.05) is 13.1 Å². The highest BCUT2D eigenvalue weighted by molar-refractivity contribution is 7.90. The highest BCUT2D eigenvalue weighted by Gasteiger charge is 2.16. The fraction of sp³-hybridized carbons (Fsp3) is 0.667. The molecule has 0 bridgehead atoms. The Balaban J connectivity index is 2.83. The molecule has 1 heterocycles. The van der Waals surface area contributed by atoms with Gasteiger partial charge in [0, 0.05) is 30.6 Å². The minimum absolute atomic E-state index is 0.0961. The molecular weight excluding hydrogens is 214 g/mol. The number of aromatic nitrogens is 2. The van der Waals surface area contributed by atoms with Gasteiger partial charge in [0.05, 0.1) is 11.9 Å². The van der Waals surface area contributed by atoms with Gasteiger partial charge in [-0.15, -0.1) is 0 Å². The van der Waals surface area contributed by atoms with Gasteiger partial charge in [0.15, 0.2) is 0 Å². The van der Waals surface area contributed by atoms with Gasteiger partial charge in [0.25, 0.3) is 0 Å². The molecular formula is C9H17N3O2S. The van der Waals surface area contributed by atoms with Gasteiger partial charge in [-0.1, -0.05) is 0 Å². The van der Waals surface area contributed by atoms with Gasteiger partial charge in [-0.25, -0.2) is 8.42 Å². The van der Waals surface area contributed by atoms with Gasteiger partial charge < -0.3 is 5.32 Å². The van der Waals surface area contributed by atoms with Gasteiger partial charge in [0.1, 0.15) is 9.84 Å². The van der Waals surface area contributed by atoms with E-state index in [2.05, 4.69) is 10.4 Å².